The van der Waals surface area contributed by atoms with E-state index in [9.17, 15) is 8.42 Å². The normalized spacial score (nSPS) is 22.5. The molecule has 0 aliphatic carbocycles. The first kappa shape index (κ1) is 5.30. The van der Waals surface area contributed by atoms with E-state index >= 15 is 0 Å². The summed E-state index contributed by atoms with van der Waals surface area (Å²) in [6.07, 6.45) is 3.81. The van der Waals surface area contributed by atoms with E-state index in [4.69, 9.17) is 0 Å². The molecule has 0 atom stereocenters. The van der Waals surface area contributed by atoms with E-state index < -0.39 is 10.2 Å². The highest BCUT2D eigenvalue weighted by molar-refractivity contribution is 7.88. The summed E-state index contributed by atoms with van der Waals surface area (Å²) >= 11 is 0. The van der Waals surface area contributed by atoms with Crippen LogP contribution in [0.2, 0.25) is 0 Å². The van der Waals surface area contributed by atoms with E-state index in [1.54, 1.807) is 0 Å². The molecule has 1 radical (unpaired) electrons. The Kier molecular flexibility index (Phi) is 1.05. The zero-order valence-corrected chi connectivity index (χ0v) is 4.67. The summed E-state index contributed by atoms with van der Waals surface area (Å²) in [5, 5.41) is 0. The molecule has 1 aliphatic rings. The Labute approximate surface area is 47.1 Å². The van der Waals surface area contributed by atoms with E-state index in [2.05, 4.69) is 9.12 Å². The second-order valence-corrected chi connectivity index (χ2v) is 2.47. The van der Waals surface area contributed by atoms with Crippen LogP contribution in [0.4, 0.5) is 0 Å². The quantitative estimate of drug-likeness (QED) is 0.442. The summed E-state index contributed by atoms with van der Waals surface area (Å²) in [5.74, 6) is 0. The van der Waals surface area contributed by atoms with Gasteiger partial charge >= 0.3 is 10.2 Å². The lowest BCUT2D eigenvalue weighted by Crippen LogP contribution is -2.09. The van der Waals surface area contributed by atoms with Gasteiger partial charge in [0, 0.05) is 12.4 Å². The minimum atomic E-state index is -3.48. The SMILES string of the molecule is O=S1(=O)[N]C=CC=N1. The molecule has 43 valence electrons. The molecule has 0 bridgehead atoms. The highest BCUT2D eigenvalue weighted by Crippen LogP contribution is 1.91. The van der Waals surface area contributed by atoms with Gasteiger partial charge in [0.05, 0.1) is 0 Å². The smallest absolute Gasteiger partial charge is 0.179 e. The lowest BCUT2D eigenvalue weighted by molar-refractivity contribution is 0.591. The van der Waals surface area contributed by atoms with Crippen LogP contribution in [0.25, 0.3) is 0 Å². The van der Waals surface area contributed by atoms with Crippen molar-refractivity contribution in [2.24, 2.45) is 4.40 Å². The minimum absolute atomic E-state index is 1.18. The number of nitrogens with zero attached hydrogens (tertiary/aromatic N) is 2. The third-order valence-electron chi connectivity index (χ3n) is 0.560. The van der Waals surface area contributed by atoms with E-state index in [0.29, 0.717) is 0 Å². The molecule has 0 amide bonds. The van der Waals surface area contributed by atoms with Crippen LogP contribution in [0.15, 0.2) is 16.7 Å². The molecule has 0 saturated carbocycles. The lowest BCUT2D eigenvalue weighted by Gasteiger charge is -1.93. The van der Waals surface area contributed by atoms with Gasteiger partial charge in [0.15, 0.2) is 0 Å². The summed E-state index contributed by atoms with van der Waals surface area (Å²) in [7, 11) is -3.48. The zero-order valence-electron chi connectivity index (χ0n) is 3.85. The summed E-state index contributed by atoms with van der Waals surface area (Å²) < 4.78 is 26.6. The number of hydrogen-bond acceptors (Lipinski definition) is 2. The van der Waals surface area contributed by atoms with Crippen LogP contribution in [0.3, 0.4) is 0 Å². The van der Waals surface area contributed by atoms with Crippen LogP contribution in [0.1, 0.15) is 0 Å². The molecule has 0 aromatic heterocycles. The predicted molar refractivity (Wildman–Crippen MR) is 28.7 cm³/mol. The van der Waals surface area contributed by atoms with Crippen LogP contribution in [0, 0.1) is 0 Å². The average Bonchev–Trinajstić information content (AvgIpc) is 1.65. The van der Waals surface area contributed by atoms with E-state index in [0.717, 1.165) is 0 Å². The maximum absolute atomic E-state index is 10.2. The number of allylic oxidation sites excluding steroid dienone is 1. The summed E-state index contributed by atoms with van der Waals surface area (Å²) in [6, 6.07) is 0. The molecule has 1 heterocycles. The van der Waals surface area contributed by atoms with Gasteiger partial charge in [-0.05, 0) is 6.08 Å². The predicted octanol–water partition coefficient (Wildman–Crippen LogP) is -0.566. The Morgan fingerprint density at radius 3 is 2.38 bits per heavy atom. The van der Waals surface area contributed by atoms with Crippen LogP contribution in [0.5, 0.6) is 0 Å². The molecule has 1 rings (SSSR count). The maximum Gasteiger partial charge on any atom is 0.362 e. The summed E-state index contributed by atoms with van der Waals surface area (Å²) in [6.45, 7) is 0. The van der Waals surface area contributed by atoms with Crippen molar-refractivity contribution in [1.82, 2.24) is 4.72 Å². The van der Waals surface area contributed by atoms with Crippen molar-refractivity contribution >= 4 is 16.4 Å². The van der Waals surface area contributed by atoms with Gasteiger partial charge in [-0.2, -0.15) is 17.5 Å². The fraction of sp³-hybridized carbons (Fsp3) is 0. The average molecular weight is 131 g/mol. The van der Waals surface area contributed by atoms with Crippen molar-refractivity contribution in [3.05, 3.63) is 12.3 Å². The Bertz CT molecular complexity index is 226. The van der Waals surface area contributed by atoms with Gasteiger partial charge in [0.1, 0.15) is 0 Å². The highest BCUT2D eigenvalue weighted by atomic mass is 32.2. The van der Waals surface area contributed by atoms with Gasteiger partial charge in [0.25, 0.3) is 0 Å². The standard InChI is InChI=1S/C3H3N2O2S/c6-8(7)4-2-1-3-5-8/h1-3H. The van der Waals surface area contributed by atoms with Crippen molar-refractivity contribution in [3.8, 4) is 0 Å². The Morgan fingerprint density at radius 2 is 2.12 bits per heavy atom. The highest BCUT2D eigenvalue weighted by Gasteiger charge is 2.05. The first-order valence-corrected chi connectivity index (χ1v) is 3.28. The first-order valence-electron chi connectivity index (χ1n) is 1.88. The molecule has 0 fully saturated rings. The van der Waals surface area contributed by atoms with Gasteiger partial charge in [-0.25, -0.2) is 0 Å². The fourth-order valence-electron chi connectivity index (χ4n) is 0.290. The Morgan fingerprint density at radius 1 is 1.38 bits per heavy atom. The second kappa shape index (κ2) is 1.59. The summed E-state index contributed by atoms with van der Waals surface area (Å²) in [4.78, 5) is 0. The van der Waals surface area contributed by atoms with Crippen molar-refractivity contribution in [2.75, 3.05) is 0 Å². The minimum Gasteiger partial charge on any atom is -0.179 e. The van der Waals surface area contributed by atoms with Crippen molar-refractivity contribution in [3.63, 3.8) is 0 Å². The fourth-order valence-corrected chi connectivity index (χ4v) is 0.792. The molecule has 4 nitrogen and oxygen atoms in total. The van der Waals surface area contributed by atoms with Gasteiger partial charge in [0.2, 0.25) is 0 Å². The second-order valence-electron chi connectivity index (χ2n) is 1.15. The molecule has 0 aromatic carbocycles. The molecule has 1 aliphatic heterocycles. The molecule has 5 heteroatoms. The van der Waals surface area contributed by atoms with E-state index in [1.807, 2.05) is 0 Å². The molecule has 0 N–H and O–H groups in total. The third-order valence-corrected chi connectivity index (χ3v) is 1.34. The van der Waals surface area contributed by atoms with Crippen LogP contribution in [-0.4, -0.2) is 14.6 Å². The van der Waals surface area contributed by atoms with Gasteiger partial charge in [-0.3, -0.25) is 0 Å². The zero-order chi connectivity index (χ0) is 6.04. The topological polar surface area (TPSA) is 60.6 Å². The molecule has 8 heavy (non-hydrogen) atoms. The van der Waals surface area contributed by atoms with Gasteiger partial charge < -0.3 is 0 Å². The van der Waals surface area contributed by atoms with Crippen LogP contribution in [-0.2, 0) is 10.2 Å². The summed E-state index contributed by atoms with van der Waals surface area (Å²) in [5.41, 5.74) is 0. The first-order chi connectivity index (χ1) is 3.71. The molecule has 0 aromatic rings. The molecule has 0 spiro atoms. The lowest BCUT2D eigenvalue weighted by atomic mass is 10.7. The van der Waals surface area contributed by atoms with Crippen molar-refractivity contribution < 1.29 is 8.42 Å². The van der Waals surface area contributed by atoms with Crippen LogP contribution < -0.4 is 4.72 Å². The molecular weight excluding hydrogens is 128 g/mol. The molecule has 0 unspecified atom stereocenters. The van der Waals surface area contributed by atoms with E-state index in [-0.39, 0.29) is 0 Å². The number of rotatable bonds is 0. The maximum atomic E-state index is 10.2. The molecular formula is C3H3N2O2S. The van der Waals surface area contributed by atoms with Gasteiger partial charge in [-0.15, -0.1) is 0 Å². The third kappa shape index (κ3) is 1.06. The Hall–Kier alpha value is -0.840. The largest absolute Gasteiger partial charge is 0.362 e. The molecule has 0 saturated heterocycles. The van der Waals surface area contributed by atoms with Gasteiger partial charge in [-0.1, -0.05) is 0 Å². The van der Waals surface area contributed by atoms with E-state index in [1.165, 1.54) is 18.5 Å². The monoisotopic (exact) mass is 131 g/mol. The van der Waals surface area contributed by atoms with Crippen molar-refractivity contribution in [2.45, 2.75) is 0 Å². The number of hydrogen-bond donors (Lipinski definition) is 0. The van der Waals surface area contributed by atoms with Crippen molar-refractivity contribution in [1.29, 1.82) is 0 Å². The Balaban J connectivity index is 2.98. The van der Waals surface area contributed by atoms with Crippen LogP contribution >= 0.6 is 0 Å².